The second-order valence-corrected chi connectivity index (χ2v) is 13.2. The number of carbonyl (C=O) groups is 1. The second-order valence-electron chi connectivity index (χ2n) is 9.98. The molecule has 1 N–H and O–H groups in total. The lowest BCUT2D eigenvalue weighted by molar-refractivity contribution is -0.129. The van der Waals surface area contributed by atoms with Gasteiger partial charge in [-0.3, -0.25) is 4.79 Å². The van der Waals surface area contributed by atoms with Crippen LogP contribution in [0.3, 0.4) is 0 Å². The maximum Gasteiger partial charge on any atom is 0.262 e. The molecule has 5 nitrogen and oxygen atoms in total. The van der Waals surface area contributed by atoms with Gasteiger partial charge in [0.25, 0.3) is 5.91 Å². The number of anilines is 1. The smallest absolute Gasteiger partial charge is 0.262 e. The number of thioether (sulfide) groups is 1. The minimum atomic E-state index is -0.147. The van der Waals surface area contributed by atoms with Crippen molar-refractivity contribution in [2.75, 3.05) is 12.4 Å². The Bertz CT molecular complexity index is 1340. The van der Waals surface area contributed by atoms with E-state index in [0.29, 0.717) is 24.0 Å². The van der Waals surface area contributed by atoms with Gasteiger partial charge in [-0.05, 0) is 95.0 Å². The van der Waals surface area contributed by atoms with Crippen LogP contribution in [-0.2, 0) is 11.4 Å². The van der Waals surface area contributed by atoms with Crippen molar-refractivity contribution >= 4 is 68.0 Å². The van der Waals surface area contributed by atoms with E-state index in [0.717, 1.165) is 49.0 Å². The SMILES string of the molecule is COc1cc(/C=C2\SC(Nc3ccccc3)N([C@@H]3CCCC[C@@H]3C)C2=O)cc(I)c1OCc1ccc(Br)cc1. The topological polar surface area (TPSA) is 50.8 Å². The van der Waals surface area contributed by atoms with Gasteiger partial charge in [-0.1, -0.05) is 77.8 Å². The average Bonchev–Trinajstić information content (AvgIpc) is 3.23. The molecule has 1 saturated carbocycles. The molecule has 0 radical (unpaired) electrons. The number of nitrogens with zero attached hydrogens (tertiary/aromatic N) is 1. The van der Waals surface area contributed by atoms with E-state index >= 15 is 0 Å². The molecule has 0 spiro atoms. The summed E-state index contributed by atoms with van der Waals surface area (Å²) in [5, 5.41) is 3.61. The van der Waals surface area contributed by atoms with E-state index in [1.807, 2.05) is 60.7 Å². The molecule has 3 aromatic rings. The molecule has 39 heavy (non-hydrogen) atoms. The number of benzene rings is 3. The van der Waals surface area contributed by atoms with Crippen LogP contribution in [0.5, 0.6) is 11.5 Å². The number of amides is 1. The standard InChI is InChI=1S/C31H32BrIN2O3S/c1-20-8-6-7-11-26(20)35-30(36)28(39-31(35)34-24-9-4-3-5-10-24)18-22-16-25(33)29(27(17-22)37-2)38-19-21-12-14-23(32)15-13-21/h3-5,9-10,12-18,20,26,31,34H,6-8,11,19H2,1-2H3/b28-18-/t20-,26+,31?/m0/s1. The molecule has 1 unspecified atom stereocenters. The lowest BCUT2D eigenvalue weighted by Gasteiger charge is -2.39. The quantitative estimate of drug-likeness (QED) is 0.187. The summed E-state index contributed by atoms with van der Waals surface area (Å²) in [6.07, 6.45) is 6.60. The fourth-order valence-corrected chi connectivity index (χ4v) is 7.48. The van der Waals surface area contributed by atoms with Gasteiger partial charge in [-0.15, -0.1) is 0 Å². The Balaban J connectivity index is 1.40. The summed E-state index contributed by atoms with van der Waals surface area (Å²) in [5.41, 5.74) is 2.86. The summed E-state index contributed by atoms with van der Waals surface area (Å²) in [6, 6.07) is 22.4. The summed E-state index contributed by atoms with van der Waals surface area (Å²) >= 11 is 7.34. The zero-order valence-electron chi connectivity index (χ0n) is 22.0. The van der Waals surface area contributed by atoms with Crippen molar-refractivity contribution in [3.8, 4) is 11.5 Å². The lowest BCUT2D eigenvalue weighted by Crippen LogP contribution is -2.48. The van der Waals surface area contributed by atoms with Crippen LogP contribution < -0.4 is 14.8 Å². The number of methoxy groups -OCH3 is 1. The molecule has 1 amide bonds. The molecule has 204 valence electrons. The molecule has 5 rings (SSSR count). The molecule has 0 bridgehead atoms. The summed E-state index contributed by atoms with van der Waals surface area (Å²) in [5.74, 6) is 1.93. The minimum absolute atomic E-state index is 0.0942. The van der Waals surface area contributed by atoms with Crippen LogP contribution in [0.15, 0.2) is 76.1 Å². The Morgan fingerprint density at radius 3 is 2.56 bits per heavy atom. The van der Waals surface area contributed by atoms with E-state index in [4.69, 9.17) is 9.47 Å². The first-order valence-electron chi connectivity index (χ1n) is 13.2. The summed E-state index contributed by atoms with van der Waals surface area (Å²) < 4.78 is 13.8. The Kier molecular flexibility index (Phi) is 9.45. The third-order valence-electron chi connectivity index (χ3n) is 7.27. The molecule has 0 aromatic heterocycles. The zero-order chi connectivity index (χ0) is 27.4. The highest BCUT2D eigenvalue weighted by atomic mass is 127. The highest BCUT2D eigenvalue weighted by Crippen LogP contribution is 2.43. The Hall–Kier alpha value is -2.17. The first-order valence-corrected chi connectivity index (χ1v) is 16.0. The maximum absolute atomic E-state index is 13.9. The molecular formula is C31H32BrIN2O3S. The van der Waals surface area contributed by atoms with E-state index in [1.54, 1.807) is 18.9 Å². The number of hydrogen-bond donors (Lipinski definition) is 1. The summed E-state index contributed by atoms with van der Waals surface area (Å²) in [4.78, 5) is 16.7. The van der Waals surface area contributed by atoms with E-state index in [1.165, 1.54) is 6.42 Å². The highest BCUT2D eigenvalue weighted by Gasteiger charge is 2.42. The molecule has 2 fully saturated rings. The van der Waals surface area contributed by atoms with Crippen LogP contribution in [0.4, 0.5) is 5.69 Å². The average molecular weight is 719 g/mol. The highest BCUT2D eigenvalue weighted by molar-refractivity contribution is 14.1. The predicted octanol–water partition coefficient (Wildman–Crippen LogP) is 8.53. The van der Waals surface area contributed by atoms with Crippen LogP contribution in [0.2, 0.25) is 0 Å². The zero-order valence-corrected chi connectivity index (χ0v) is 26.6. The van der Waals surface area contributed by atoms with Crippen molar-refractivity contribution in [1.29, 1.82) is 0 Å². The molecule has 2 aliphatic rings. The Labute approximate surface area is 257 Å². The van der Waals surface area contributed by atoms with Crippen molar-refractivity contribution in [2.45, 2.75) is 50.8 Å². The largest absolute Gasteiger partial charge is 0.493 e. The third kappa shape index (κ3) is 6.77. The van der Waals surface area contributed by atoms with Gasteiger partial charge in [0.15, 0.2) is 17.0 Å². The number of ether oxygens (including phenoxy) is 2. The van der Waals surface area contributed by atoms with Crippen LogP contribution in [0.1, 0.15) is 43.7 Å². The van der Waals surface area contributed by atoms with Gasteiger partial charge in [0, 0.05) is 16.2 Å². The summed E-state index contributed by atoms with van der Waals surface area (Å²) in [7, 11) is 1.65. The molecule has 1 saturated heterocycles. The van der Waals surface area contributed by atoms with Crippen LogP contribution >= 0.6 is 50.3 Å². The molecule has 1 aliphatic heterocycles. The van der Waals surface area contributed by atoms with Gasteiger partial charge < -0.3 is 19.7 Å². The molecule has 1 aliphatic carbocycles. The first-order chi connectivity index (χ1) is 18.9. The molecule has 3 aromatic carbocycles. The van der Waals surface area contributed by atoms with Crippen molar-refractivity contribution in [2.24, 2.45) is 5.92 Å². The van der Waals surface area contributed by atoms with Crippen molar-refractivity contribution in [3.05, 3.63) is 90.8 Å². The van der Waals surface area contributed by atoms with Gasteiger partial charge in [0.05, 0.1) is 15.6 Å². The fraction of sp³-hybridized carbons (Fsp3) is 0.323. The van der Waals surface area contributed by atoms with Crippen molar-refractivity contribution < 1.29 is 14.3 Å². The lowest BCUT2D eigenvalue weighted by atomic mass is 9.85. The van der Waals surface area contributed by atoms with Gasteiger partial charge >= 0.3 is 0 Å². The van der Waals surface area contributed by atoms with Crippen LogP contribution in [-0.4, -0.2) is 29.5 Å². The number of hydrogen-bond acceptors (Lipinski definition) is 5. The second kappa shape index (κ2) is 13.0. The Morgan fingerprint density at radius 2 is 1.85 bits per heavy atom. The molecular weight excluding hydrogens is 687 g/mol. The monoisotopic (exact) mass is 718 g/mol. The first kappa shape index (κ1) is 28.4. The van der Waals surface area contributed by atoms with Crippen molar-refractivity contribution in [3.63, 3.8) is 0 Å². The Morgan fingerprint density at radius 1 is 1.10 bits per heavy atom. The molecule has 3 atom stereocenters. The van der Waals surface area contributed by atoms with Gasteiger partial charge in [-0.25, -0.2) is 0 Å². The van der Waals surface area contributed by atoms with E-state index in [9.17, 15) is 4.79 Å². The molecule has 1 heterocycles. The van der Waals surface area contributed by atoms with E-state index < -0.39 is 0 Å². The van der Waals surface area contributed by atoms with Gasteiger partial charge in [0.1, 0.15) is 6.61 Å². The van der Waals surface area contributed by atoms with E-state index in [2.05, 4.69) is 67.8 Å². The molecule has 8 heteroatoms. The normalized spacial score (nSPS) is 22.3. The van der Waals surface area contributed by atoms with E-state index in [-0.39, 0.29) is 17.4 Å². The number of rotatable bonds is 8. The minimum Gasteiger partial charge on any atom is -0.493 e. The van der Waals surface area contributed by atoms with Gasteiger partial charge in [-0.2, -0.15) is 0 Å². The number of para-hydroxylation sites is 1. The van der Waals surface area contributed by atoms with Gasteiger partial charge in [0.2, 0.25) is 0 Å². The maximum atomic E-state index is 13.9. The van der Waals surface area contributed by atoms with Crippen LogP contribution in [0.25, 0.3) is 6.08 Å². The third-order valence-corrected chi connectivity index (χ3v) is 9.71. The van der Waals surface area contributed by atoms with Crippen molar-refractivity contribution in [1.82, 2.24) is 4.90 Å². The van der Waals surface area contributed by atoms with Crippen LogP contribution in [0, 0.1) is 9.49 Å². The number of halogens is 2. The number of nitrogens with one attached hydrogen (secondary N) is 1. The fourth-order valence-electron chi connectivity index (χ4n) is 5.22. The summed E-state index contributed by atoms with van der Waals surface area (Å²) in [6.45, 7) is 2.72. The number of carbonyl (C=O) groups excluding carboxylic acids is 1. The predicted molar refractivity (Wildman–Crippen MR) is 172 cm³/mol.